The Balaban J connectivity index is 1.97. The van der Waals surface area contributed by atoms with Crippen LogP contribution in [0.3, 0.4) is 0 Å². The third-order valence-corrected chi connectivity index (χ3v) is 4.05. The molecule has 0 spiro atoms. The molecule has 0 amide bonds. The van der Waals surface area contributed by atoms with Gasteiger partial charge in [0.25, 0.3) is 5.78 Å². The van der Waals surface area contributed by atoms with Crippen molar-refractivity contribution in [2.24, 2.45) is 0 Å². The van der Waals surface area contributed by atoms with Gasteiger partial charge in [0.05, 0.1) is 17.7 Å². The Labute approximate surface area is 123 Å². The molecule has 0 bridgehead atoms. The van der Waals surface area contributed by atoms with Crippen molar-refractivity contribution in [3.63, 3.8) is 0 Å². The van der Waals surface area contributed by atoms with Gasteiger partial charge < -0.3 is 4.42 Å². The Hall–Kier alpha value is -2.36. The zero-order valence-electron chi connectivity index (χ0n) is 11.3. The molecular formula is C15H13NO4S. The Morgan fingerprint density at radius 1 is 1.24 bits per heavy atom. The molecule has 0 aliphatic rings. The molecule has 5 nitrogen and oxygen atoms in total. The number of aryl methyl sites for hydroxylation is 1. The number of carbonyl (C=O) groups excluding carboxylic acids is 1. The van der Waals surface area contributed by atoms with Crippen LogP contribution in [-0.2, 0) is 10.0 Å². The molecular weight excluding hydrogens is 290 g/mol. The summed E-state index contributed by atoms with van der Waals surface area (Å²) in [7, 11) is -3.62. The predicted octanol–water partition coefficient (Wildman–Crippen LogP) is 1.75. The number of ketones is 1. The first-order valence-corrected chi connectivity index (χ1v) is 7.60. The molecule has 1 heterocycles. The van der Waals surface area contributed by atoms with Crippen LogP contribution >= 0.6 is 0 Å². The summed E-state index contributed by atoms with van der Waals surface area (Å²) in [6.45, 7) is 1.72. The summed E-state index contributed by atoms with van der Waals surface area (Å²) in [5.74, 6) is 4.41. The first-order chi connectivity index (χ1) is 9.99. The maximum absolute atomic E-state index is 11.9. The van der Waals surface area contributed by atoms with Gasteiger partial charge in [-0.05, 0) is 37.1 Å². The van der Waals surface area contributed by atoms with Crippen molar-refractivity contribution in [2.75, 3.05) is 6.54 Å². The normalized spacial score (nSPS) is 10.7. The van der Waals surface area contributed by atoms with Gasteiger partial charge >= 0.3 is 0 Å². The van der Waals surface area contributed by atoms with E-state index in [0.717, 1.165) is 5.56 Å². The molecule has 6 heteroatoms. The minimum atomic E-state index is -3.62. The standard InChI is InChI=1S/C15H13NO4S/c1-12-6-8-13(9-7-12)21(18,19)16-10-2-4-14(17)15-5-3-11-20-15/h3,5-9,11,16H,10H2,1H3. The molecule has 2 rings (SSSR count). The second-order valence-electron chi connectivity index (χ2n) is 4.25. The molecule has 0 saturated carbocycles. The predicted molar refractivity (Wildman–Crippen MR) is 77.2 cm³/mol. The largest absolute Gasteiger partial charge is 0.460 e. The molecule has 1 aromatic heterocycles. The maximum atomic E-state index is 11.9. The number of nitrogens with one attached hydrogen (secondary N) is 1. The van der Waals surface area contributed by atoms with E-state index in [1.54, 1.807) is 18.2 Å². The lowest BCUT2D eigenvalue weighted by atomic mass is 10.2. The second-order valence-corrected chi connectivity index (χ2v) is 6.01. The van der Waals surface area contributed by atoms with Crippen molar-refractivity contribution in [1.29, 1.82) is 0 Å². The van der Waals surface area contributed by atoms with Gasteiger partial charge in [-0.1, -0.05) is 23.6 Å². The van der Waals surface area contributed by atoms with Gasteiger partial charge in [0.15, 0.2) is 5.76 Å². The van der Waals surface area contributed by atoms with Crippen LogP contribution in [0.5, 0.6) is 0 Å². The fourth-order valence-electron chi connectivity index (χ4n) is 1.53. The Kier molecular flexibility index (Phi) is 4.58. The zero-order valence-corrected chi connectivity index (χ0v) is 12.1. The SMILES string of the molecule is Cc1ccc(S(=O)(=O)NCC#CC(=O)c2ccco2)cc1. The number of furan rings is 1. The molecule has 0 aliphatic heterocycles. The van der Waals surface area contributed by atoms with E-state index in [-0.39, 0.29) is 17.2 Å². The van der Waals surface area contributed by atoms with E-state index < -0.39 is 15.8 Å². The van der Waals surface area contributed by atoms with Crippen molar-refractivity contribution in [3.05, 3.63) is 54.0 Å². The first kappa shape index (κ1) is 15.0. The molecule has 21 heavy (non-hydrogen) atoms. The van der Waals surface area contributed by atoms with Gasteiger partial charge in [-0.25, -0.2) is 8.42 Å². The molecule has 1 aromatic carbocycles. The van der Waals surface area contributed by atoms with Crippen LogP contribution in [0.15, 0.2) is 52.0 Å². The highest BCUT2D eigenvalue weighted by Crippen LogP contribution is 2.09. The van der Waals surface area contributed by atoms with Crippen LogP contribution in [0, 0.1) is 18.8 Å². The van der Waals surface area contributed by atoms with Crippen LogP contribution in [0.4, 0.5) is 0 Å². The van der Waals surface area contributed by atoms with E-state index in [1.807, 2.05) is 6.92 Å². The molecule has 0 aliphatic carbocycles. The van der Waals surface area contributed by atoms with Crippen LogP contribution in [0.2, 0.25) is 0 Å². The zero-order chi connectivity index (χ0) is 15.3. The lowest BCUT2D eigenvalue weighted by Crippen LogP contribution is -2.24. The first-order valence-electron chi connectivity index (χ1n) is 6.12. The number of Topliss-reactive ketones (excluding diaryl/α,β-unsaturated/α-hetero) is 1. The van der Waals surface area contributed by atoms with Crippen molar-refractivity contribution in [3.8, 4) is 11.8 Å². The highest BCUT2D eigenvalue weighted by molar-refractivity contribution is 7.89. The summed E-state index contributed by atoms with van der Waals surface area (Å²) in [6.07, 6.45) is 1.37. The van der Waals surface area contributed by atoms with E-state index in [9.17, 15) is 13.2 Å². The molecule has 0 atom stereocenters. The van der Waals surface area contributed by atoms with Crippen LogP contribution in [0.1, 0.15) is 16.1 Å². The van der Waals surface area contributed by atoms with Gasteiger partial charge in [-0.2, -0.15) is 4.72 Å². The average Bonchev–Trinajstić information content (AvgIpc) is 2.98. The quantitative estimate of drug-likeness (QED) is 0.530. The number of hydrogen-bond donors (Lipinski definition) is 1. The Bertz CT molecular complexity index is 778. The number of hydrogen-bond acceptors (Lipinski definition) is 4. The number of rotatable bonds is 4. The molecule has 0 radical (unpaired) electrons. The van der Waals surface area contributed by atoms with Crippen LogP contribution in [-0.4, -0.2) is 20.7 Å². The number of sulfonamides is 1. The molecule has 2 aromatic rings. The summed E-state index contributed by atoms with van der Waals surface area (Å²) in [5, 5.41) is 0. The van der Waals surface area contributed by atoms with Gasteiger partial charge in [0.2, 0.25) is 10.0 Å². The lowest BCUT2D eigenvalue weighted by Gasteiger charge is -2.03. The Morgan fingerprint density at radius 3 is 2.57 bits per heavy atom. The molecule has 0 saturated heterocycles. The maximum Gasteiger partial charge on any atom is 0.271 e. The van der Waals surface area contributed by atoms with Crippen molar-refractivity contribution in [2.45, 2.75) is 11.8 Å². The van der Waals surface area contributed by atoms with Crippen molar-refractivity contribution < 1.29 is 17.6 Å². The molecule has 0 fully saturated rings. The fourth-order valence-corrected chi connectivity index (χ4v) is 2.45. The minimum absolute atomic E-state index is 0.129. The summed E-state index contributed by atoms with van der Waals surface area (Å²) in [5.41, 5.74) is 0.970. The summed E-state index contributed by atoms with van der Waals surface area (Å²) in [4.78, 5) is 11.7. The van der Waals surface area contributed by atoms with E-state index in [4.69, 9.17) is 4.42 Å². The average molecular weight is 303 g/mol. The number of carbonyl (C=O) groups is 1. The van der Waals surface area contributed by atoms with Crippen LogP contribution < -0.4 is 4.72 Å². The van der Waals surface area contributed by atoms with E-state index in [2.05, 4.69) is 16.6 Å². The monoisotopic (exact) mass is 303 g/mol. The summed E-state index contributed by atoms with van der Waals surface area (Å²) >= 11 is 0. The smallest absolute Gasteiger partial charge is 0.271 e. The second kappa shape index (κ2) is 6.39. The van der Waals surface area contributed by atoms with Gasteiger partial charge in [-0.15, -0.1) is 0 Å². The molecule has 0 unspecified atom stereocenters. The van der Waals surface area contributed by atoms with E-state index in [1.165, 1.54) is 24.5 Å². The van der Waals surface area contributed by atoms with Crippen LogP contribution in [0.25, 0.3) is 0 Å². The van der Waals surface area contributed by atoms with Crippen molar-refractivity contribution >= 4 is 15.8 Å². The van der Waals surface area contributed by atoms with E-state index in [0.29, 0.717) is 0 Å². The fraction of sp³-hybridized carbons (Fsp3) is 0.133. The van der Waals surface area contributed by atoms with Gasteiger partial charge in [0, 0.05) is 0 Å². The number of benzene rings is 1. The van der Waals surface area contributed by atoms with Gasteiger partial charge in [0.1, 0.15) is 0 Å². The highest BCUT2D eigenvalue weighted by atomic mass is 32.2. The lowest BCUT2D eigenvalue weighted by molar-refractivity contribution is 0.103. The molecule has 1 N–H and O–H groups in total. The van der Waals surface area contributed by atoms with Gasteiger partial charge in [-0.3, -0.25) is 4.79 Å². The Morgan fingerprint density at radius 2 is 1.95 bits per heavy atom. The molecule has 108 valence electrons. The minimum Gasteiger partial charge on any atom is -0.460 e. The van der Waals surface area contributed by atoms with Crippen molar-refractivity contribution in [1.82, 2.24) is 4.72 Å². The summed E-state index contributed by atoms with van der Waals surface area (Å²) < 4.78 is 31.1. The topological polar surface area (TPSA) is 76.4 Å². The van der Waals surface area contributed by atoms with E-state index >= 15 is 0 Å². The third kappa shape index (κ3) is 4.05. The third-order valence-electron chi connectivity index (χ3n) is 2.63. The summed E-state index contributed by atoms with van der Waals surface area (Å²) in [6, 6.07) is 9.52. The highest BCUT2D eigenvalue weighted by Gasteiger charge is 2.12.